The van der Waals surface area contributed by atoms with Gasteiger partial charge in [0.05, 0.1) is 5.84 Å². The number of amidine groups is 1. The first kappa shape index (κ1) is 17.5. The van der Waals surface area contributed by atoms with E-state index in [1.165, 1.54) is 0 Å². The number of hydrogen-bond donors (Lipinski definition) is 2. The Hall–Kier alpha value is -1.54. The van der Waals surface area contributed by atoms with Gasteiger partial charge < -0.3 is 5.73 Å². The molecule has 1 rings (SSSR count). The summed E-state index contributed by atoms with van der Waals surface area (Å²) in [5, 5.41) is 7.18. The van der Waals surface area contributed by atoms with E-state index in [1.807, 2.05) is 13.8 Å². The first-order chi connectivity index (χ1) is 9.64. The van der Waals surface area contributed by atoms with Gasteiger partial charge in [-0.25, -0.2) is 17.2 Å². The largest absolute Gasteiger partial charge is 0.388 e. The lowest BCUT2D eigenvalue weighted by atomic mass is 10.2. The van der Waals surface area contributed by atoms with Crippen molar-refractivity contribution in [2.75, 3.05) is 13.1 Å². The average molecular weight is 319 g/mol. The maximum absolute atomic E-state index is 13.7. The van der Waals surface area contributed by atoms with Gasteiger partial charge in [0.25, 0.3) is 0 Å². The van der Waals surface area contributed by atoms with Crippen LogP contribution < -0.4 is 5.73 Å². The summed E-state index contributed by atoms with van der Waals surface area (Å²) in [6.07, 6.45) is 0.0504. The maximum atomic E-state index is 13.7. The molecule has 0 aliphatic rings. The molecule has 1 aromatic rings. The fraction of sp³-hybridized carbons (Fsp3) is 0.462. The van der Waals surface area contributed by atoms with E-state index in [0.717, 1.165) is 16.4 Å². The predicted octanol–water partition coefficient (Wildman–Crippen LogP) is 1.94. The second-order valence-electron chi connectivity index (χ2n) is 5.11. The summed E-state index contributed by atoms with van der Waals surface area (Å²) in [5.41, 5.74) is 5.24. The summed E-state index contributed by atoms with van der Waals surface area (Å²) in [7, 11) is -4.10. The zero-order valence-electron chi connectivity index (χ0n) is 11.9. The summed E-state index contributed by atoms with van der Waals surface area (Å²) >= 11 is 0. The highest BCUT2D eigenvalue weighted by atomic mass is 32.2. The highest BCUT2D eigenvalue weighted by molar-refractivity contribution is 7.89. The van der Waals surface area contributed by atoms with Gasteiger partial charge in [0.1, 0.15) is 16.5 Å². The quantitative estimate of drug-likeness (QED) is 0.595. The highest BCUT2D eigenvalue weighted by Crippen LogP contribution is 2.21. The van der Waals surface area contributed by atoms with E-state index in [0.29, 0.717) is 6.07 Å². The van der Waals surface area contributed by atoms with Crippen LogP contribution in [0.3, 0.4) is 0 Å². The van der Waals surface area contributed by atoms with Crippen molar-refractivity contribution >= 4 is 15.9 Å². The van der Waals surface area contributed by atoms with Gasteiger partial charge in [0.15, 0.2) is 0 Å². The number of benzene rings is 1. The van der Waals surface area contributed by atoms with Crippen LogP contribution in [0.2, 0.25) is 0 Å². The van der Waals surface area contributed by atoms with Crippen molar-refractivity contribution in [1.29, 1.82) is 5.41 Å². The normalized spacial score (nSPS) is 12.1. The first-order valence-corrected chi connectivity index (χ1v) is 7.86. The van der Waals surface area contributed by atoms with E-state index in [4.69, 9.17) is 11.1 Å². The van der Waals surface area contributed by atoms with E-state index >= 15 is 0 Å². The minimum Gasteiger partial charge on any atom is -0.388 e. The van der Waals surface area contributed by atoms with Crippen LogP contribution in [0, 0.1) is 23.0 Å². The van der Waals surface area contributed by atoms with E-state index in [9.17, 15) is 17.2 Å². The number of hydrogen-bond acceptors (Lipinski definition) is 3. The molecule has 5 nitrogen and oxygen atoms in total. The molecule has 0 bridgehead atoms. The lowest BCUT2D eigenvalue weighted by molar-refractivity contribution is 0.371. The van der Waals surface area contributed by atoms with Gasteiger partial charge in [-0.15, -0.1) is 0 Å². The Bertz CT molecular complexity index is 618. The number of sulfonamides is 1. The first-order valence-electron chi connectivity index (χ1n) is 6.42. The monoisotopic (exact) mass is 319 g/mol. The molecule has 0 aliphatic carbocycles. The molecule has 0 heterocycles. The molecule has 0 aliphatic heterocycles. The fourth-order valence-electron chi connectivity index (χ4n) is 1.79. The number of rotatable bonds is 7. The molecule has 0 saturated carbocycles. The minimum absolute atomic E-state index is 0.00948. The van der Waals surface area contributed by atoms with Crippen LogP contribution >= 0.6 is 0 Å². The Morgan fingerprint density at radius 3 is 2.48 bits per heavy atom. The van der Waals surface area contributed by atoms with E-state index in [2.05, 4.69) is 0 Å². The predicted molar refractivity (Wildman–Crippen MR) is 76.5 cm³/mol. The molecule has 0 radical (unpaired) electrons. The van der Waals surface area contributed by atoms with Crippen molar-refractivity contribution in [3.05, 3.63) is 29.8 Å². The molecule has 0 aromatic heterocycles. The molecule has 21 heavy (non-hydrogen) atoms. The zero-order chi connectivity index (χ0) is 16.2. The van der Waals surface area contributed by atoms with Crippen LogP contribution in [0.1, 0.15) is 20.3 Å². The van der Waals surface area contributed by atoms with E-state index in [-0.39, 0.29) is 31.3 Å². The standard InChI is InChI=1S/C13H19F2N3O2S/c1-9(2)8-18(6-5-13(16)17)21(19,20)12-4-3-10(14)7-11(12)15/h3-4,7,9H,5-6,8H2,1-2H3,(H3,16,17). The van der Waals surface area contributed by atoms with Gasteiger partial charge >= 0.3 is 0 Å². The van der Waals surface area contributed by atoms with Gasteiger partial charge in [-0.05, 0) is 18.1 Å². The number of nitrogens with two attached hydrogens (primary N) is 1. The van der Waals surface area contributed by atoms with Gasteiger partial charge in [-0.2, -0.15) is 4.31 Å². The Kier molecular flexibility index (Phi) is 5.79. The van der Waals surface area contributed by atoms with Crippen LogP contribution in [0.4, 0.5) is 8.78 Å². The Balaban J connectivity index is 3.16. The lowest BCUT2D eigenvalue weighted by Crippen LogP contribution is -2.37. The fourth-order valence-corrected chi connectivity index (χ4v) is 3.44. The second-order valence-corrected chi connectivity index (χ2v) is 7.01. The number of nitrogens with zero attached hydrogens (tertiary/aromatic N) is 1. The van der Waals surface area contributed by atoms with Crippen molar-refractivity contribution < 1.29 is 17.2 Å². The van der Waals surface area contributed by atoms with Gasteiger partial charge in [-0.1, -0.05) is 13.8 Å². The third-order valence-corrected chi connectivity index (χ3v) is 4.61. The molecular weight excluding hydrogens is 300 g/mol. The van der Waals surface area contributed by atoms with Gasteiger partial charge in [0, 0.05) is 25.6 Å². The van der Waals surface area contributed by atoms with E-state index < -0.39 is 26.6 Å². The van der Waals surface area contributed by atoms with E-state index in [1.54, 1.807) is 0 Å². The summed E-state index contributed by atoms with van der Waals surface area (Å²) in [4.78, 5) is -0.576. The van der Waals surface area contributed by atoms with Crippen LogP contribution in [-0.4, -0.2) is 31.6 Å². The Morgan fingerprint density at radius 2 is 2.00 bits per heavy atom. The van der Waals surface area contributed by atoms with Crippen LogP contribution in [-0.2, 0) is 10.0 Å². The molecule has 0 atom stereocenters. The van der Waals surface area contributed by atoms with Crippen molar-refractivity contribution in [2.24, 2.45) is 11.7 Å². The van der Waals surface area contributed by atoms with Crippen molar-refractivity contribution in [2.45, 2.75) is 25.2 Å². The lowest BCUT2D eigenvalue weighted by Gasteiger charge is -2.24. The third-order valence-electron chi connectivity index (χ3n) is 2.71. The number of halogens is 2. The molecule has 0 saturated heterocycles. The van der Waals surface area contributed by atoms with Crippen molar-refractivity contribution in [3.63, 3.8) is 0 Å². The Morgan fingerprint density at radius 1 is 1.38 bits per heavy atom. The summed E-state index contributed by atoms with van der Waals surface area (Å²) in [6.45, 7) is 3.77. The topological polar surface area (TPSA) is 87.2 Å². The van der Waals surface area contributed by atoms with Gasteiger partial charge in [-0.3, -0.25) is 5.41 Å². The SMILES string of the molecule is CC(C)CN(CCC(=N)N)S(=O)(=O)c1ccc(F)cc1F. The maximum Gasteiger partial charge on any atom is 0.246 e. The summed E-state index contributed by atoms with van der Waals surface area (Å²) in [6, 6.07) is 2.33. The second kappa shape index (κ2) is 6.95. The minimum atomic E-state index is -4.10. The highest BCUT2D eigenvalue weighted by Gasteiger charge is 2.28. The molecule has 8 heteroatoms. The molecule has 0 amide bonds. The summed E-state index contributed by atoms with van der Waals surface area (Å²) < 4.78 is 52.6. The molecule has 3 N–H and O–H groups in total. The smallest absolute Gasteiger partial charge is 0.246 e. The van der Waals surface area contributed by atoms with Gasteiger partial charge in [0.2, 0.25) is 10.0 Å². The molecule has 1 aromatic carbocycles. The van der Waals surface area contributed by atoms with Crippen LogP contribution in [0.15, 0.2) is 23.1 Å². The Labute approximate surface area is 123 Å². The van der Waals surface area contributed by atoms with Crippen molar-refractivity contribution in [3.8, 4) is 0 Å². The molecular formula is C13H19F2N3O2S. The van der Waals surface area contributed by atoms with Crippen LogP contribution in [0.25, 0.3) is 0 Å². The number of nitrogens with one attached hydrogen (secondary N) is 1. The van der Waals surface area contributed by atoms with Crippen LogP contribution in [0.5, 0.6) is 0 Å². The molecule has 0 spiro atoms. The third kappa shape index (κ3) is 4.75. The zero-order valence-corrected chi connectivity index (χ0v) is 12.8. The summed E-state index contributed by atoms with van der Waals surface area (Å²) in [5.74, 6) is -2.12. The average Bonchev–Trinajstić information content (AvgIpc) is 2.33. The van der Waals surface area contributed by atoms with Crippen molar-refractivity contribution in [1.82, 2.24) is 4.31 Å². The molecule has 0 unspecified atom stereocenters. The molecule has 0 fully saturated rings. The molecule has 118 valence electrons.